The van der Waals surface area contributed by atoms with Crippen molar-refractivity contribution in [2.45, 2.75) is 45.5 Å². The monoisotopic (exact) mass is 589 g/mol. The Bertz CT molecular complexity index is 1600. The number of benzene rings is 2. The molecule has 0 saturated carbocycles. The summed E-state index contributed by atoms with van der Waals surface area (Å²) in [5, 5.41) is 5.89. The van der Waals surface area contributed by atoms with Gasteiger partial charge in [0, 0.05) is 59.7 Å². The van der Waals surface area contributed by atoms with Crippen molar-refractivity contribution < 1.29 is 18.0 Å². The zero-order valence-corrected chi connectivity index (χ0v) is 24.2. The van der Waals surface area contributed by atoms with E-state index in [-0.39, 0.29) is 23.6 Å². The molecule has 1 amide bonds. The van der Waals surface area contributed by atoms with Crippen molar-refractivity contribution >= 4 is 23.2 Å². The molecule has 2 aromatic heterocycles. The highest BCUT2D eigenvalue weighted by atomic mass is 19.4. The summed E-state index contributed by atoms with van der Waals surface area (Å²) in [5.41, 5.74) is 8.50. The van der Waals surface area contributed by atoms with Gasteiger partial charge in [-0.1, -0.05) is 12.1 Å². The molecule has 11 heteroatoms. The number of nitrogens with zero attached hydrogens (tertiary/aromatic N) is 4. The van der Waals surface area contributed by atoms with Gasteiger partial charge in [0.05, 0.1) is 11.3 Å². The highest BCUT2D eigenvalue weighted by Gasteiger charge is 2.36. The summed E-state index contributed by atoms with van der Waals surface area (Å²) in [4.78, 5) is 28.0. The molecule has 3 heterocycles. The number of likely N-dealkylation sites (tertiary alicyclic amines) is 1. The zero-order chi connectivity index (χ0) is 30.8. The first-order valence-electron chi connectivity index (χ1n) is 14.0. The molecule has 1 atom stereocenters. The molecule has 1 saturated heterocycles. The molecule has 5 rings (SSSR count). The largest absolute Gasteiger partial charge is 0.416 e. The smallest absolute Gasteiger partial charge is 0.325 e. The summed E-state index contributed by atoms with van der Waals surface area (Å²) in [6.07, 6.45) is 1.23. The Kier molecular flexibility index (Phi) is 8.48. The predicted molar refractivity (Wildman–Crippen MR) is 161 cm³/mol. The number of anilines is 3. The second-order valence-electron chi connectivity index (χ2n) is 11.5. The molecule has 0 spiro atoms. The average Bonchev–Trinajstić information content (AvgIpc) is 3.44. The Morgan fingerprint density at radius 3 is 2.60 bits per heavy atom. The van der Waals surface area contributed by atoms with Crippen LogP contribution in [0, 0.1) is 12.8 Å². The van der Waals surface area contributed by atoms with Gasteiger partial charge in [-0.05, 0) is 93.2 Å². The van der Waals surface area contributed by atoms with Crippen LogP contribution < -0.4 is 16.4 Å². The van der Waals surface area contributed by atoms with Crippen molar-refractivity contribution in [2.75, 3.05) is 23.7 Å². The van der Waals surface area contributed by atoms with E-state index in [0.29, 0.717) is 36.1 Å². The minimum atomic E-state index is -4.61. The van der Waals surface area contributed by atoms with Crippen LogP contribution in [-0.4, -0.2) is 44.4 Å². The van der Waals surface area contributed by atoms with Crippen LogP contribution in [0.1, 0.15) is 47.3 Å². The highest BCUT2D eigenvalue weighted by molar-refractivity contribution is 6.04. The van der Waals surface area contributed by atoms with Gasteiger partial charge in [-0.25, -0.2) is 9.97 Å². The molecule has 0 bridgehead atoms. The summed E-state index contributed by atoms with van der Waals surface area (Å²) < 4.78 is 42.3. The number of nitrogens with two attached hydrogens (primary N) is 1. The number of carbonyl (C=O) groups excluding carboxylic acids is 1. The lowest BCUT2D eigenvalue weighted by Crippen LogP contribution is -2.42. The lowest BCUT2D eigenvalue weighted by Gasteiger charge is -2.27. The standard InChI is InChI=1S/C32H34F3N7O/c1-20-6-9-25(16-28(20)41-30-38-13-10-27(40-30)22-5-4-12-37-17-22)39-29(43)21-7-8-23(26(15-21)32(33,34)35)18-42-14-11-24(19-42)31(2,3)36/h4-10,12-13,15-17,24H,11,14,18-19,36H2,1-3H3,(H,39,43)(H,38,40,41)/t24-/m1/s1. The summed E-state index contributed by atoms with van der Waals surface area (Å²) in [6, 6.07) is 14.4. The molecule has 2 aromatic carbocycles. The van der Waals surface area contributed by atoms with Crippen molar-refractivity contribution in [2.24, 2.45) is 11.7 Å². The van der Waals surface area contributed by atoms with E-state index < -0.39 is 23.2 Å². The van der Waals surface area contributed by atoms with Crippen LogP contribution in [0.3, 0.4) is 0 Å². The van der Waals surface area contributed by atoms with Gasteiger partial charge in [0.15, 0.2) is 0 Å². The fraction of sp³-hybridized carbons (Fsp3) is 0.312. The number of aromatic nitrogens is 3. The van der Waals surface area contributed by atoms with Crippen LogP contribution in [0.2, 0.25) is 0 Å². The third-order valence-electron chi connectivity index (χ3n) is 7.75. The predicted octanol–water partition coefficient (Wildman–Crippen LogP) is 6.42. The van der Waals surface area contributed by atoms with Crippen LogP contribution >= 0.6 is 0 Å². The normalized spacial score (nSPS) is 15.8. The maximum absolute atomic E-state index is 14.1. The van der Waals surface area contributed by atoms with Gasteiger partial charge < -0.3 is 16.4 Å². The number of alkyl halides is 3. The minimum absolute atomic E-state index is 0.0824. The Morgan fingerprint density at radius 2 is 1.91 bits per heavy atom. The fourth-order valence-electron chi connectivity index (χ4n) is 5.20. The number of rotatable bonds is 8. The van der Waals surface area contributed by atoms with Crippen LogP contribution in [0.4, 0.5) is 30.5 Å². The SMILES string of the molecule is Cc1ccc(NC(=O)c2ccc(CN3CC[C@@H](C(C)(C)N)C3)c(C(F)(F)F)c2)cc1Nc1nccc(-c2cccnc2)n1. The van der Waals surface area contributed by atoms with Crippen LogP contribution in [-0.2, 0) is 12.7 Å². The van der Waals surface area contributed by atoms with Gasteiger partial charge >= 0.3 is 6.18 Å². The van der Waals surface area contributed by atoms with E-state index in [9.17, 15) is 18.0 Å². The number of hydrogen-bond acceptors (Lipinski definition) is 7. The van der Waals surface area contributed by atoms with Crippen LogP contribution in [0.5, 0.6) is 0 Å². The van der Waals surface area contributed by atoms with Crippen molar-refractivity contribution in [1.82, 2.24) is 19.9 Å². The molecule has 1 aliphatic heterocycles. The number of pyridine rings is 1. The van der Waals surface area contributed by atoms with E-state index in [2.05, 4.69) is 25.6 Å². The van der Waals surface area contributed by atoms with E-state index >= 15 is 0 Å². The van der Waals surface area contributed by atoms with E-state index in [1.807, 2.05) is 37.8 Å². The second kappa shape index (κ2) is 12.1. The topological polar surface area (TPSA) is 109 Å². The van der Waals surface area contributed by atoms with Crippen molar-refractivity contribution in [3.8, 4) is 11.3 Å². The number of nitrogens with one attached hydrogen (secondary N) is 2. The number of amides is 1. The lowest BCUT2D eigenvalue weighted by atomic mass is 9.88. The maximum Gasteiger partial charge on any atom is 0.416 e. The highest BCUT2D eigenvalue weighted by Crippen LogP contribution is 2.35. The number of halogens is 3. The summed E-state index contributed by atoms with van der Waals surface area (Å²) >= 11 is 0. The Morgan fingerprint density at radius 1 is 1.09 bits per heavy atom. The van der Waals surface area contributed by atoms with Crippen LogP contribution in [0.15, 0.2) is 73.2 Å². The number of carbonyl (C=O) groups is 1. The molecule has 1 fully saturated rings. The molecule has 224 valence electrons. The summed E-state index contributed by atoms with van der Waals surface area (Å²) in [5.74, 6) is -0.0945. The molecule has 8 nitrogen and oxygen atoms in total. The van der Waals surface area contributed by atoms with E-state index in [1.54, 1.807) is 42.9 Å². The molecule has 0 unspecified atom stereocenters. The quantitative estimate of drug-likeness (QED) is 0.218. The van der Waals surface area contributed by atoms with Crippen molar-refractivity contribution in [3.63, 3.8) is 0 Å². The molecule has 1 aliphatic rings. The zero-order valence-electron chi connectivity index (χ0n) is 24.2. The second-order valence-corrected chi connectivity index (χ2v) is 11.5. The van der Waals surface area contributed by atoms with Gasteiger partial charge in [0.25, 0.3) is 5.91 Å². The van der Waals surface area contributed by atoms with E-state index in [0.717, 1.165) is 23.6 Å². The van der Waals surface area contributed by atoms with Crippen molar-refractivity contribution in [3.05, 3.63) is 95.4 Å². The first-order chi connectivity index (χ1) is 20.4. The number of aryl methyl sites for hydroxylation is 1. The van der Waals surface area contributed by atoms with Crippen LogP contribution in [0.25, 0.3) is 11.3 Å². The lowest BCUT2D eigenvalue weighted by molar-refractivity contribution is -0.138. The molecule has 0 radical (unpaired) electrons. The average molecular weight is 590 g/mol. The first-order valence-corrected chi connectivity index (χ1v) is 14.0. The molecule has 0 aliphatic carbocycles. The molecular weight excluding hydrogens is 555 g/mol. The maximum atomic E-state index is 14.1. The fourth-order valence-corrected chi connectivity index (χ4v) is 5.20. The third-order valence-corrected chi connectivity index (χ3v) is 7.75. The first kappa shape index (κ1) is 30.1. The third kappa shape index (κ3) is 7.36. The Labute approximate surface area is 248 Å². The van der Waals surface area contributed by atoms with Gasteiger partial charge in [0.2, 0.25) is 5.95 Å². The molecule has 43 heavy (non-hydrogen) atoms. The van der Waals surface area contributed by atoms with Gasteiger partial charge in [-0.2, -0.15) is 13.2 Å². The van der Waals surface area contributed by atoms with Crippen molar-refractivity contribution in [1.29, 1.82) is 0 Å². The Hall–Kier alpha value is -4.35. The number of hydrogen-bond donors (Lipinski definition) is 3. The summed E-state index contributed by atoms with van der Waals surface area (Å²) in [6.45, 7) is 7.21. The summed E-state index contributed by atoms with van der Waals surface area (Å²) in [7, 11) is 0. The van der Waals surface area contributed by atoms with E-state index in [4.69, 9.17) is 5.73 Å². The Balaban J connectivity index is 1.31. The molecular formula is C32H34F3N7O. The van der Waals surface area contributed by atoms with E-state index in [1.165, 1.54) is 12.1 Å². The molecule has 4 aromatic rings. The van der Waals surface area contributed by atoms with Gasteiger partial charge in [-0.15, -0.1) is 0 Å². The van der Waals surface area contributed by atoms with Gasteiger partial charge in [-0.3, -0.25) is 14.7 Å². The van der Waals surface area contributed by atoms with Gasteiger partial charge in [0.1, 0.15) is 0 Å². The minimum Gasteiger partial charge on any atom is -0.325 e. The molecule has 4 N–H and O–H groups in total.